The molecule has 0 spiro atoms. The Morgan fingerprint density at radius 2 is 2.29 bits per heavy atom. The Kier molecular flexibility index (Phi) is 2.45. The summed E-state index contributed by atoms with van der Waals surface area (Å²) < 4.78 is 1.92. The van der Waals surface area contributed by atoms with Gasteiger partial charge in [-0.15, -0.1) is 0 Å². The third-order valence-corrected chi connectivity index (χ3v) is 2.01. The van der Waals surface area contributed by atoms with E-state index in [1.165, 1.54) is 11.1 Å². The zero-order valence-electron chi connectivity index (χ0n) is 8.09. The lowest BCUT2D eigenvalue weighted by Crippen LogP contribution is -1.79. The molecule has 0 amide bonds. The van der Waals surface area contributed by atoms with Gasteiger partial charge in [0.15, 0.2) is 0 Å². The highest BCUT2D eigenvalue weighted by molar-refractivity contribution is 5.60. The zero-order chi connectivity index (χ0) is 9.80. The second-order valence-corrected chi connectivity index (χ2v) is 3.24. The summed E-state index contributed by atoms with van der Waals surface area (Å²) in [6, 6.07) is 8.38. The molecule has 2 aromatic rings. The van der Waals surface area contributed by atoms with Crippen LogP contribution < -0.4 is 0 Å². The highest BCUT2D eigenvalue weighted by atomic mass is 15.0. The highest BCUT2D eigenvalue weighted by Gasteiger charge is 1.87. The van der Waals surface area contributed by atoms with Gasteiger partial charge in [-0.3, -0.25) is 0 Å². The van der Waals surface area contributed by atoms with Gasteiger partial charge in [-0.25, -0.2) is 4.98 Å². The maximum absolute atomic E-state index is 3.96. The first-order chi connectivity index (χ1) is 6.84. The van der Waals surface area contributed by atoms with Crippen molar-refractivity contribution >= 4 is 12.3 Å². The van der Waals surface area contributed by atoms with Gasteiger partial charge in [0.05, 0.1) is 6.33 Å². The van der Waals surface area contributed by atoms with Gasteiger partial charge in [-0.05, 0) is 18.6 Å². The molecule has 70 valence electrons. The third-order valence-electron chi connectivity index (χ3n) is 2.01. The maximum atomic E-state index is 3.96. The van der Waals surface area contributed by atoms with Gasteiger partial charge in [-0.1, -0.05) is 29.8 Å². The van der Waals surface area contributed by atoms with Crippen molar-refractivity contribution in [3.05, 3.63) is 54.1 Å². The first-order valence-corrected chi connectivity index (χ1v) is 4.57. The lowest BCUT2D eigenvalue weighted by molar-refractivity contribution is 1.14. The number of hydrogen-bond acceptors (Lipinski definition) is 1. The van der Waals surface area contributed by atoms with Crippen LogP contribution in [0.4, 0.5) is 0 Å². The molecule has 0 unspecified atom stereocenters. The topological polar surface area (TPSA) is 17.8 Å². The lowest BCUT2D eigenvalue weighted by atomic mass is 10.1. The Hall–Kier alpha value is -1.83. The van der Waals surface area contributed by atoms with Gasteiger partial charge >= 0.3 is 0 Å². The van der Waals surface area contributed by atoms with Crippen LogP contribution in [0.15, 0.2) is 43.0 Å². The number of aryl methyl sites for hydroxylation is 1. The van der Waals surface area contributed by atoms with Crippen LogP contribution in [0.5, 0.6) is 0 Å². The summed E-state index contributed by atoms with van der Waals surface area (Å²) >= 11 is 0. The average Bonchev–Trinajstić information content (AvgIpc) is 2.67. The molecule has 2 rings (SSSR count). The first kappa shape index (κ1) is 8.75. The smallest absolute Gasteiger partial charge is 0.0986 e. The largest absolute Gasteiger partial charge is 0.313 e. The SMILES string of the molecule is Cc1cccc(/C=C\n2ccnc2)c1. The fourth-order valence-corrected chi connectivity index (χ4v) is 1.30. The normalized spacial score (nSPS) is 10.9. The number of rotatable bonds is 2. The van der Waals surface area contributed by atoms with Crippen molar-refractivity contribution in [3.8, 4) is 0 Å². The van der Waals surface area contributed by atoms with E-state index in [0.29, 0.717) is 0 Å². The van der Waals surface area contributed by atoms with E-state index in [1.54, 1.807) is 12.5 Å². The van der Waals surface area contributed by atoms with Crippen LogP contribution in [0.2, 0.25) is 0 Å². The minimum absolute atomic E-state index is 1.21. The van der Waals surface area contributed by atoms with Gasteiger partial charge in [0.2, 0.25) is 0 Å². The standard InChI is InChI=1S/C12H12N2/c1-11-3-2-4-12(9-11)5-7-14-8-6-13-10-14/h2-10H,1H3/b7-5-. The van der Waals surface area contributed by atoms with E-state index in [9.17, 15) is 0 Å². The van der Waals surface area contributed by atoms with Gasteiger partial charge in [0.25, 0.3) is 0 Å². The molecule has 0 aliphatic carbocycles. The van der Waals surface area contributed by atoms with Crippen LogP contribution in [0.25, 0.3) is 12.3 Å². The molecule has 2 nitrogen and oxygen atoms in total. The number of imidazole rings is 1. The second-order valence-electron chi connectivity index (χ2n) is 3.24. The van der Waals surface area contributed by atoms with Crippen LogP contribution in [0.1, 0.15) is 11.1 Å². The molecule has 1 heterocycles. The minimum Gasteiger partial charge on any atom is -0.313 e. The molecule has 0 atom stereocenters. The molecule has 0 radical (unpaired) electrons. The Morgan fingerprint density at radius 1 is 1.36 bits per heavy atom. The fourth-order valence-electron chi connectivity index (χ4n) is 1.30. The first-order valence-electron chi connectivity index (χ1n) is 4.57. The van der Waals surface area contributed by atoms with Crippen LogP contribution in [-0.4, -0.2) is 9.55 Å². The Labute approximate surface area is 83.5 Å². The Bertz CT molecular complexity index is 427. The van der Waals surface area contributed by atoms with Gasteiger partial charge < -0.3 is 4.57 Å². The van der Waals surface area contributed by atoms with Crippen LogP contribution in [0.3, 0.4) is 0 Å². The molecular weight excluding hydrogens is 172 g/mol. The van der Waals surface area contributed by atoms with E-state index in [2.05, 4.69) is 42.2 Å². The van der Waals surface area contributed by atoms with Crippen molar-refractivity contribution in [3.63, 3.8) is 0 Å². The van der Waals surface area contributed by atoms with E-state index in [-0.39, 0.29) is 0 Å². The minimum atomic E-state index is 1.21. The van der Waals surface area contributed by atoms with Gasteiger partial charge in [0.1, 0.15) is 0 Å². The van der Waals surface area contributed by atoms with E-state index >= 15 is 0 Å². The molecule has 0 fully saturated rings. The van der Waals surface area contributed by atoms with Gasteiger partial charge in [-0.2, -0.15) is 0 Å². The third kappa shape index (κ3) is 2.10. The summed E-state index contributed by atoms with van der Waals surface area (Å²) in [7, 11) is 0. The van der Waals surface area contributed by atoms with Crippen molar-refractivity contribution < 1.29 is 0 Å². The molecular formula is C12H12N2. The summed E-state index contributed by atoms with van der Waals surface area (Å²) in [6.07, 6.45) is 9.50. The molecule has 1 aromatic carbocycles. The maximum Gasteiger partial charge on any atom is 0.0986 e. The van der Waals surface area contributed by atoms with E-state index in [1.807, 2.05) is 17.0 Å². The van der Waals surface area contributed by atoms with Crippen molar-refractivity contribution in [2.45, 2.75) is 6.92 Å². The predicted octanol–water partition coefficient (Wildman–Crippen LogP) is 2.82. The number of benzene rings is 1. The van der Waals surface area contributed by atoms with Crippen LogP contribution in [0, 0.1) is 6.92 Å². The van der Waals surface area contributed by atoms with E-state index < -0.39 is 0 Å². The molecule has 1 aromatic heterocycles. The van der Waals surface area contributed by atoms with E-state index in [0.717, 1.165) is 0 Å². The van der Waals surface area contributed by atoms with Crippen molar-refractivity contribution in [1.82, 2.24) is 9.55 Å². The van der Waals surface area contributed by atoms with Gasteiger partial charge in [0, 0.05) is 18.6 Å². The molecule has 0 saturated heterocycles. The number of aromatic nitrogens is 2. The summed E-state index contributed by atoms with van der Waals surface area (Å²) in [5.74, 6) is 0. The molecule has 0 aliphatic heterocycles. The van der Waals surface area contributed by atoms with Crippen molar-refractivity contribution in [2.24, 2.45) is 0 Å². The molecule has 0 aliphatic rings. The van der Waals surface area contributed by atoms with Crippen LogP contribution in [-0.2, 0) is 0 Å². The van der Waals surface area contributed by atoms with Crippen LogP contribution >= 0.6 is 0 Å². The molecule has 2 heteroatoms. The molecule has 0 saturated carbocycles. The number of nitrogens with zero attached hydrogens (tertiary/aromatic N) is 2. The summed E-state index contributed by atoms with van der Waals surface area (Å²) in [5.41, 5.74) is 2.48. The van der Waals surface area contributed by atoms with E-state index in [4.69, 9.17) is 0 Å². The zero-order valence-corrected chi connectivity index (χ0v) is 8.09. The Balaban J connectivity index is 2.18. The lowest BCUT2D eigenvalue weighted by Gasteiger charge is -1.95. The average molecular weight is 184 g/mol. The fraction of sp³-hybridized carbons (Fsp3) is 0.0833. The summed E-state index contributed by atoms with van der Waals surface area (Å²) in [5, 5.41) is 0. The van der Waals surface area contributed by atoms with Crippen molar-refractivity contribution in [2.75, 3.05) is 0 Å². The summed E-state index contributed by atoms with van der Waals surface area (Å²) in [6.45, 7) is 2.09. The monoisotopic (exact) mass is 184 g/mol. The molecule has 0 bridgehead atoms. The highest BCUT2D eigenvalue weighted by Crippen LogP contribution is 2.06. The quantitative estimate of drug-likeness (QED) is 0.701. The molecule has 0 N–H and O–H groups in total. The van der Waals surface area contributed by atoms with Crippen molar-refractivity contribution in [1.29, 1.82) is 0 Å². The number of hydrogen-bond donors (Lipinski definition) is 0. The Morgan fingerprint density at radius 3 is 3.00 bits per heavy atom. The summed E-state index contributed by atoms with van der Waals surface area (Å²) in [4.78, 5) is 3.96. The predicted molar refractivity (Wildman–Crippen MR) is 58.6 cm³/mol. The molecule has 14 heavy (non-hydrogen) atoms. The second kappa shape index (κ2) is 3.92.